The number of rotatable bonds is 5. The Morgan fingerprint density at radius 3 is 2.27 bits per heavy atom. The Hall–Kier alpha value is -1.91. The van der Waals surface area contributed by atoms with Gasteiger partial charge in [0.25, 0.3) is 0 Å². The molecule has 0 atom stereocenters. The Morgan fingerprint density at radius 1 is 1.33 bits per heavy atom. The van der Waals surface area contributed by atoms with Crippen LogP contribution in [0.5, 0.6) is 17.2 Å². The van der Waals surface area contributed by atoms with Gasteiger partial charge in [-0.05, 0) is 18.2 Å². The van der Waals surface area contributed by atoms with Gasteiger partial charge in [0.05, 0.1) is 14.2 Å². The summed E-state index contributed by atoms with van der Waals surface area (Å²) in [7, 11) is 2.91. The molecular weight excluding hydrogens is 200 g/mol. The molecule has 0 fully saturated rings. The van der Waals surface area contributed by atoms with Gasteiger partial charge in [-0.15, -0.1) is 0 Å². The molecule has 1 aromatic carbocycles. The van der Waals surface area contributed by atoms with Crippen molar-refractivity contribution in [1.29, 1.82) is 0 Å². The molecule has 15 heavy (non-hydrogen) atoms. The van der Waals surface area contributed by atoms with Gasteiger partial charge in [0.15, 0.2) is 18.1 Å². The van der Waals surface area contributed by atoms with E-state index in [1.807, 2.05) is 0 Å². The molecule has 0 heterocycles. The largest absolute Gasteiger partial charge is 0.493 e. The molecule has 0 amide bonds. The predicted octanol–water partition coefficient (Wildman–Crippen LogP) is 0.967. The normalized spacial score (nSPS) is 9.47. The lowest BCUT2D eigenvalue weighted by Crippen LogP contribution is -2.10. The highest BCUT2D eigenvalue weighted by molar-refractivity contribution is 5.69. The first-order chi connectivity index (χ1) is 7.19. The summed E-state index contributed by atoms with van der Waals surface area (Å²) in [6.07, 6.45) is 0. The van der Waals surface area contributed by atoms with E-state index in [9.17, 15) is 4.79 Å². The Balaban J connectivity index is 2.94. The lowest BCUT2D eigenvalue weighted by Gasteiger charge is -2.12. The molecule has 1 rings (SSSR count). The minimum Gasteiger partial charge on any atom is -0.493 e. The number of hydrogen-bond donors (Lipinski definition) is 1. The van der Waals surface area contributed by atoms with Gasteiger partial charge >= 0.3 is 5.97 Å². The van der Waals surface area contributed by atoms with Gasteiger partial charge in [-0.25, -0.2) is 4.79 Å². The van der Waals surface area contributed by atoms with Gasteiger partial charge in [-0.3, -0.25) is 0 Å². The fourth-order valence-corrected chi connectivity index (χ4v) is 1.02. The average molecular weight is 211 g/mol. The number of methoxy groups -OCH3 is 2. The lowest BCUT2D eigenvalue weighted by atomic mass is 10.3. The van der Waals surface area contributed by atoms with Gasteiger partial charge in [-0.1, -0.05) is 0 Å². The van der Waals surface area contributed by atoms with E-state index in [0.29, 0.717) is 11.5 Å². The van der Waals surface area contributed by atoms with E-state index >= 15 is 0 Å². The van der Waals surface area contributed by atoms with Crippen molar-refractivity contribution in [1.82, 2.24) is 0 Å². The molecule has 0 aliphatic rings. The summed E-state index contributed by atoms with van der Waals surface area (Å²) < 4.78 is 15.0. The zero-order valence-electron chi connectivity index (χ0n) is 8.44. The minimum absolute atomic E-state index is 0.265. The van der Waals surface area contributed by atoms with E-state index in [-0.39, 0.29) is 5.75 Å². The van der Waals surface area contributed by atoms with Crippen LogP contribution in [0.25, 0.3) is 0 Å². The second-order valence-electron chi connectivity index (χ2n) is 2.60. The van der Waals surface area contributed by atoms with Crippen molar-refractivity contribution in [2.75, 3.05) is 20.8 Å². The molecule has 1 N–H and O–H groups in total. The molecule has 0 spiro atoms. The van der Waals surface area contributed by atoms with Crippen molar-refractivity contribution in [2.45, 2.75) is 0 Å². The van der Waals surface area contributed by atoms with Gasteiger partial charge in [0, 0.05) is 0 Å². The fraction of sp³-hybridized carbons (Fsp3) is 0.300. The predicted molar refractivity (Wildman–Crippen MR) is 51.5 cm³/mol. The number of carbonyl (C=O) groups is 1. The van der Waals surface area contributed by atoms with Crippen LogP contribution in [0.3, 0.4) is 0 Å². The highest BCUT2D eigenvalue weighted by atomic mass is 16.5. The summed E-state index contributed by atoms with van der Waals surface area (Å²) in [5, 5.41) is 8.49. The molecule has 0 aliphatic carbocycles. The van der Waals surface area contributed by atoms with E-state index in [1.54, 1.807) is 12.1 Å². The quantitative estimate of drug-likeness (QED) is 0.786. The van der Waals surface area contributed by atoms with Crippen LogP contribution in [0.15, 0.2) is 12.1 Å². The Kier molecular flexibility index (Phi) is 3.79. The summed E-state index contributed by atoms with van der Waals surface area (Å²) >= 11 is 0. The molecule has 0 unspecified atom stereocenters. The fourth-order valence-electron chi connectivity index (χ4n) is 1.02. The Labute approximate surface area is 87.2 Å². The number of ether oxygens (including phenoxy) is 3. The Morgan fingerprint density at radius 2 is 1.87 bits per heavy atom. The van der Waals surface area contributed by atoms with Gasteiger partial charge in [0.1, 0.15) is 0 Å². The summed E-state index contributed by atoms with van der Waals surface area (Å²) in [5.41, 5.74) is 0. The molecular formula is C10H11O5. The molecule has 0 aliphatic heterocycles. The van der Waals surface area contributed by atoms with Gasteiger partial charge < -0.3 is 19.3 Å². The van der Waals surface area contributed by atoms with Crippen LogP contribution in [0.4, 0.5) is 0 Å². The second kappa shape index (κ2) is 5.09. The number of carboxylic acids is 1. The molecule has 0 bridgehead atoms. The first kappa shape index (κ1) is 11.2. The topological polar surface area (TPSA) is 65.0 Å². The zero-order chi connectivity index (χ0) is 11.3. The summed E-state index contributed by atoms with van der Waals surface area (Å²) in [6.45, 7) is -0.448. The van der Waals surface area contributed by atoms with E-state index < -0.39 is 12.6 Å². The summed E-state index contributed by atoms with van der Waals surface area (Å²) in [4.78, 5) is 10.4. The molecule has 0 saturated heterocycles. The maximum absolute atomic E-state index is 10.4. The standard InChI is InChI=1S/C10H11O5/c1-13-7-4-3-5-8(14-2)10(7)15-6-9(11)12/h4-5H,6H2,1-2H3,(H,11,12). The average Bonchev–Trinajstić information content (AvgIpc) is 2.25. The maximum atomic E-state index is 10.4. The van der Waals surface area contributed by atoms with Gasteiger partial charge in [0.2, 0.25) is 5.75 Å². The van der Waals surface area contributed by atoms with Crippen LogP contribution in [-0.4, -0.2) is 31.9 Å². The molecule has 0 saturated carbocycles. The lowest BCUT2D eigenvalue weighted by molar-refractivity contribution is -0.139. The second-order valence-corrected chi connectivity index (χ2v) is 2.60. The van der Waals surface area contributed by atoms with Crippen molar-refractivity contribution in [3.63, 3.8) is 0 Å². The molecule has 81 valence electrons. The number of hydrogen-bond acceptors (Lipinski definition) is 4. The molecule has 5 nitrogen and oxygen atoms in total. The van der Waals surface area contributed by atoms with Crippen LogP contribution in [0, 0.1) is 6.07 Å². The zero-order valence-corrected chi connectivity index (χ0v) is 8.44. The van der Waals surface area contributed by atoms with Crippen molar-refractivity contribution in [3.05, 3.63) is 18.2 Å². The third-order valence-electron chi connectivity index (χ3n) is 1.66. The van der Waals surface area contributed by atoms with Crippen LogP contribution >= 0.6 is 0 Å². The monoisotopic (exact) mass is 211 g/mol. The minimum atomic E-state index is -1.06. The van der Waals surface area contributed by atoms with Crippen LogP contribution < -0.4 is 14.2 Å². The molecule has 0 aromatic heterocycles. The third-order valence-corrected chi connectivity index (χ3v) is 1.66. The van der Waals surface area contributed by atoms with Crippen molar-refractivity contribution in [3.8, 4) is 17.2 Å². The summed E-state index contributed by atoms with van der Waals surface area (Å²) in [5.74, 6) is -0.0284. The number of aliphatic carboxylic acids is 1. The van der Waals surface area contributed by atoms with Crippen molar-refractivity contribution in [2.24, 2.45) is 0 Å². The van der Waals surface area contributed by atoms with Crippen LogP contribution in [-0.2, 0) is 4.79 Å². The number of benzene rings is 1. The van der Waals surface area contributed by atoms with E-state index in [4.69, 9.17) is 19.3 Å². The highest BCUT2D eigenvalue weighted by Gasteiger charge is 2.12. The van der Waals surface area contributed by atoms with Crippen LogP contribution in [0.1, 0.15) is 0 Å². The molecule has 1 radical (unpaired) electrons. The first-order valence-corrected chi connectivity index (χ1v) is 4.15. The SMILES string of the molecule is COc1c[c]cc(OC)c1OCC(=O)O. The Bertz CT molecular complexity index is 325. The molecule has 1 aromatic rings. The summed E-state index contributed by atoms with van der Waals surface area (Å²) in [6, 6.07) is 5.86. The van der Waals surface area contributed by atoms with Crippen molar-refractivity contribution < 1.29 is 24.1 Å². The van der Waals surface area contributed by atoms with E-state index in [1.165, 1.54) is 14.2 Å². The smallest absolute Gasteiger partial charge is 0.341 e. The third kappa shape index (κ3) is 2.77. The first-order valence-electron chi connectivity index (χ1n) is 4.15. The molecule has 5 heteroatoms. The van der Waals surface area contributed by atoms with Crippen LogP contribution in [0.2, 0.25) is 0 Å². The van der Waals surface area contributed by atoms with E-state index in [0.717, 1.165) is 0 Å². The van der Waals surface area contributed by atoms with Gasteiger partial charge in [-0.2, -0.15) is 0 Å². The van der Waals surface area contributed by atoms with E-state index in [2.05, 4.69) is 6.07 Å². The van der Waals surface area contributed by atoms with Crippen molar-refractivity contribution >= 4 is 5.97 Å². The highest BCUT2D eigenvalue weighted by Crippen LogP contribution is 2.36. The maximum Gasteiger partial charge on any atom is 0.341 e. The number of carboxylic acid groups (broad SMARTS) is 1.